The van der Waals surface area contributed by atoms with E-state index in [1.807, 2.05) is 83.7 Å². The Morgan fingerprint density at radius 3 is 1.40 bits per heavy atom. The molecule has 6 amide bonds. The molecule has 0 aliphatic heterocycles. The number of methoxy groups -OCH3 is 1. The van der Waals surface area contributed by atoms with Crippen molar-refractivity contribution in [3.8, 4) is 0 Å². The molecule has 10 rings (SSSR count). The molecular weight excluding hydrogens is 1480 g/mol. The van der Waals surface area contributed by atoms with Gasteiger partial charge in [-0.05, 0) is 161 Å². The lowest BCUT2D eigenvalue weighted by Gasteiger charge is -2.35. The van der Waals surface area contributed by atoms with Crippen molar-refractivity contribution in [1.82, 2.24) is 29.4 Å². The number of hydrogen-bond donors (Lipinski definition) is 1. The molecule has 0 atom stereocenters. The highest BCUT2D eigenvalue weighted by Gasteiger charge is 2.38. The Kier molecular flexibility index (Phi) is 37.6. The number of hydrogen-bond acceptors (Lipinski definition) is 8. The van der Waals surface area contributed by atoms with Crippen molar-refractivity contribution < 1.29 is 82.5 Å². The number of aliphatic hydroxyl groups is 1. The SMILES string of the molecule is CCC(C)(C)C(=O)N(CCCOC)Cc1cccc(F)c1.CCC(C)(C)C(=O)N(Cc1cccc(F)c1)CC1CC1.CN(Cc1cc(F)c(F)c(F)c1)C(=O)C(C)(C)CO.CN(Cc1cc(F)cc(F)c1F)C(=O)C1(C)CCCCC1.CN(Cc1ccccc1F)C(=O)C1CC1.CN(Cc1ccccc1F)C(=O)c1ccccc1. The maximum Gasteiger partial charge on any atom is 0.253 e. The number of benzene rings is 7. The van der Waals surface area contributed by atoms with Gasteiger partial charge in [-0.3, -0.25) is 28.8 Å². The minimum absolute atomic E-state index is 0.0730. The average molecular weight is 1600 g/mol. The molecule has 1 N–H and O–H groups in total. The fraction of sp³-hybridized carbons (Fsp3) is 0.467. The summed E-state index contributed by atoms with van der Waals surface area (Å²) < 4.78 is 137. The largest absolute Gasteiger partial charge is 0.395 e. The Labute approximate surface area is 666 Å². The Balaban J connectivity index is 0.000000245. The lowest BCUT2D eigenvalue weighted by molar-refractivity contribution is -0.142. The van der Waals surface area contributed by atoms with Gasteiger partial charge in [-0.1, -0.05) is 147 Å². The third-order valence-electron chi connectivity index (χ3n) is 20.5. The highest BCUT2D eigenvalue weighted by molar-refractivity contribution is 5.94. The molecule has 0 saturated heterocycles. The molecule has 0 radical (unpaired) electrons. The molecule has 0 aromatic heterocycles. The van der Waals surface area contributed by atoms with Gasteiger partial charge in [0.2, 0.25) is 29.5 Å². The molecule has 622 valence electrons. The van der Waals surface area contributed by atoms with Gasteiger partial charge in [0.25, 0.3) is 5.91 Å². The van der Waals surface area contributed by atoms with Gasteiger partial charge in [-0.15, -0.1) is 0 Å². The van der Waals surface area contributed by atoms with E-state index in [-0.39, 0.29) is 107 Å². The first kappa shape index (κ1) is 95.2. The number of carbonyl (C=O) groups is 6. The lowest BCUT2D eigenvalue weighted by Crippen LogP contribution is -2.41. The predicted molar refractivity (Wildman–Crippen MR) is 423 cm³/mol. The summed E-state index contributed by atoms with van der Waals surface area (Å²) in [5, 5.41) is 9.09. The van der Waals surface area contributed by atoms with Crippen LogP contribution in [0.5, 0.6) is 0 Å². The van der Waals surface area contributed by atoms with Crippen LogP contribution in [0.15, 0.2) is 152 Å². The topological polar surface area (TPSA) is 151 Å². The third-order valence-corrected chi connectivity index (χ3v) is 20.5. The Morgan fingerprint density at radius 2 is 0.930 bits per heavy atom. The van der Waals surface area contributed by atoms with E-state index in [1.54, 1.807) is 113 Å². The fourth-order valence-electron chi connectivity index (χ4n) is 12.4. The lowest BCUT2D eigenvalue weighted by atomic mass is 9.74. The Hall–Kier alpha value is -9.42. The van der Waals surface area contributed by atoms with Crippen LogP contribution in [0.2, 0.25) is 0 Å². The minimum Gasteiger partial charge on any atom is -0.395 e. The zero-order valence-electron chi connectivity index (χ0n) is 68.4. The zero-order valence-corrected chi connectivity index (χ0v) is 68.4. The van der Waals surface area contributed by atoms with Crippen molar-refractivity contribution in [3.63, 3.8) is 0 Å². The Bertz CT molecular complexity index is 4240. The predicted octanol–water partition coefficient (Wildman–Crippen LogP) is 19.0. The van der Waals surface area contributed by atoms with Crippen LogP contribution in [0.1, 0.15) is 183 Å². The molecule has 114 heavy (non-hydrogen) atoms. The van der Waals surface area contributed by atoms with Gasteiger partial charge >= 0.3 is 0 Å². The van der Waals surface area contributed by atoms with Gasteiger partial charge < -0.3 is 39.2 Å². The van der Waals surface area contributed by atoms with E-state index in [4.69, 9.17) is 9.84 Å². The van der Waals surface area contributed by atoms with Crippen molar-refractivity contribution in [2.24, 2.45) is 33.5 Å². The minimum atomic E-state index is -1.53. The van der Waals surface area contributed by atoms with E-state index >= 15 is 0 Å². The van der Waals surface area contributed by atoms with Crippen LogP contribution >= 0.6 is 0 Å². The highest BCUT2D eigenvalue weighted by Crippen LogP contribution is 2.38. The number of carbonyl (C=O) groups excluding carboxylic acids is 6. The molecule has 7 aromatic rings. The van der Waals surface area contributed by atoms with E-state index in [0.29, 0.717) is 61.5 Å². The Morgan fingerprint density at radius 1 is 0.456 bits per heavy atom. The second kappa shape index (κ2) is 45.0. The van der Waals surface area contributed by atoms with Crippen molar-refractivity contribution in [3.05, 3.63) is 249 Å². The van der Waals surface area contributed by atoms with Crippen molar-refractivity contribution in [2.45, 2.75) is 179 Å². The summed E-state index contributed by atoms with van der Waals surface area (Å²) in [6, 6.07) is 38.1. The molecule has 3 saturated carbocycles. The number of aliphatic hydroxyl groups excluding tert-OH is 1. The van der Waals surface area contributed by atoms with Crippen LogP contribution in [-0.4, -0.2) is 132 Å². The van der Waals surface area contributed by atoms with Gasteiger partial charge in [-0.25, -0.2) is 43.9 Å². The molecule has 3 aliphatic rings. The summed E-state index contributed by atoms with van der Waals surface area (Å²) in [7, 11) is 8.03. The normalized spacial score (nSPS) is 13.5. The molecule has 24 heteroatoms. The number of halogens is 10. The van der Waals surface area contributed by atoms with E-state index in [0.717, 1.165) is 100 Å². The van der Waals surface area contributed by atoms with E-state index in [2.05, 4.69) is 0 Å². The molecule has 0 unspecified atom stereocenters. The zero-order chi connectivity index (χ0) is 84.8. The highest BCUT2D eigenvalue weighted by atomic mass is 19.2. The maximum absolute atomic E-state index is 13.7. The molecule has 14 nitrogen and oxygen atoms in total. The second-order valence-corrected chi connectivity index (χ2v) is 31.8. The molecule has 3 fully saturated rings. The first-order valence-electron chi connectivity index (χ1n) is 38.7. The summed E-state index contributed by atoms with van der Waals surface area (Å²) >= 11 is 0. The van der Waals surface area contributed by atoms with E-state index in [9.17, 15) is 72.7 Å². The average Bonchev–Trinajstić information content (AvgIpc) is 1.80. The summed E-state index contributed by atoms with van der Waals surface area (Å²) in [6.45, 7) is 20.0. The maximum atomic E-state index is 13.7. The third kappa shape index (κ3) is 30.4. The number of nitrogens with zero attached hydrogens (tertiary/aromatic N) is 6. The molecule has 3 aliphatic carbocycles. The summed E-state index contributed by atoms with van der Waals surface area (Å²) in [4.78, 5) is 82.9. The quantitative estimate of drug-likeness (QED) is 0.0231. The van der Waals surface area contributed by atoms with E-state index < -0.39 is 51.1 Å². The smallest absolute Gasteiger partial charge is 0.253 e. The van der Waals surface area contributed by atoms with Crippen LogP contribution in [-0.2, 0) is 68.0 Å². The summed E-state index contributed by atoms with van der Waals surface area (Å²) in [6.07, 6.45) is 11.5. The molecule has 0 bridgehead atoms. The monoisotopic (exact) mass is 1600 g/mol. The van der Waals surface area contributed by atoms with E-state index in [1.165, 1.54) is 71.0 Å². The number of rotatable bonds is 27. The van der Waals surface area contributed by atoms with Gasteiger partial charge in [0.05, 0.1) is 12.0 Å². The molecule has 0 spiro atoms. The number of amides is 6. The van der Waals surface area contributed by atoms with Crippen molar-refractivity contribution in [1.29, 1.82) is 0 Å². The fourth-order valence-corrected chi connectivity index (χ4v) is 12.4. The molecule has 7 aromatic carbocycles. The first-order chi connectivity index (χ1) is 53.7. The summed E-state index contributed by atoms with van der Waals surface area (Å²) in [5.74, 6) is -7.65. The van der Waals surface area contributed by atoms with Gasteiger partial charge in [0.1, 0.15) is 29.1 Å². The van der Waals surface area contributed by atoms with Crippen LogP contribution in [0, 0.1) is 91.7 Å². The van der Waals surface area contributed by atoms with Crippen molar-refractivity contribution >= 4 is 35.4 Å². The molecular formula is C90H114F10N6O8. The van der Waals surface area contributed by atoms with Crippen LogP contribution < -0.4 is 0 Å². The van der Waals surface area contributed by atoms with Gasteiger partial charge in [0, 0.05) is 145 Å². The molecule has 0 heterocycles. The summed E-state index contributed by atoms with van der Waals surface area (Å²) in [5.41, 5.74) is 1.21. The number of ether oxygens (including phenoxy) is 1. The van der Waals surface area contributed by atoms with Crippen molar-refractivity contribution in [2.75, 3.05) is 61.6 Å². The van der Waals surface area contributed by atoms with Crippen LogP contribution in [0.3, 0.4) is 0 Å². The van der Waals surface area contributed by atoms with Gasteiger partial charge in [-0.2, -0.15) is 0 Å². The first-order valence-corrected chi connectivity index (χ1v) is 38.7. The van der Waals surface area contributed by atoms with Crippen LogP contribution in [0.25, 0.3) is 0 Å². The van der Waals surface area contributed by atoms with Gasteiger partial charge in [0.15, 0.2) is 29.1 Å². The standard InChI is InChI=1S/C17H26FNO2.C17H24FNO.C16H20F3NO.C15H14FNO.C13H16F3NO2.C12H14FNO/c1-5-17(2,3)16(20)19(10-7-11-21-4)13-14-8-6-9-15(18)12-14;1-4-17(2,3)16(20)19(11-13-8-9-13)12-14-6-5-7-15(18)10-14;1-16(6-4-3-5-7-16)15(21)20(2)10-11-8-12(17)9-13(18)14(11)19;1-17(11-13-9-5-6-10-14(13)16)15(18)12-7-3-2-4-8-12;1-13(2,7-18)12(19)17(3)6-8-4-9(14)11(16)10(15)5-8;1-14(12(15)9-6-7-9)8-10-4-2-3-5-11(10)13/h6,8-9,12H,5,7,10-11,13H2,1-4H3;5-7,10,13H,4,8-9,11-12H2,1-3H3;8-9H,3-7,10H2,1-2H3;2-10H,11H2,1H3;4-5,18H,6-7H2,1-3H3;2-5,9H,6-8H2,1H3. The van der Waals surface area contributed by atoms with Crippen LogP contribution in [0.4, 0.5) is 43.9 Å². The second-order valence-electron chi connectivity index (χ2n) is 31.8.